The number of hydrogen-bond donors (Lipinski definition) is 2. The molecule has 0 aliphatic heterocycles. The lowest BCUT2D eigenvalue weighted by Crippen LogP contribution is -2.20. The second-order valence-corrected chi connectivity index (χ2v) is 28.4. The molecule has 0 saturated carbocycles. The Balaban J connectivity index is 0.000000547. The summed E-state index contributed by atoms with van der Waals surface area (Å²) in [6.07, 6.45) is 19.0. The van der Waals surface area contributed by atoms with Crippen LogP contribution in [0.1, 0.15) is 284 Å². The van der Waals surface area contributed by atoms with Gasteiger partial charge in [0.15, 0.2) is 29.3 Å². The fraction of sp³-hybridized carbons (Fsp3) is 0.718. The number of aryl methyl sites for hydroxylation is 11. The third-order valence-corrected chi connectivity index (χ3v) is 13.0. The lowest BCUT2D eigenvalue weighted by Gasteiger charge is -2.21. The van der Waals surface area contributed by atoms with Crippen LogP contribution in [0.3, 0.4) is 0 Å². The van der Waals surface area contributed by atoms with Crippen molar-refractivity contribution in [1.82, 2.24) is 86.2 Å². The predicted octanol–water partition coefficient (Wildman–Crippen LogP) is 17.1. The lowest BCUT2D eigenvalue weighted by atomic mass is 9.84. The Hall–Kier alpha value is -7.80. The Labute approximate surface area is 578 Å². The van der Waals surface area contributed by atoms with Gasteiger partial charge in [0.2, 0.25) is 47.1 Å². The molecule has 0 spiro atoms. The summed E-state index contributed by atoms with van der Waals surface area (Å²) in [5.74, 6) is 17.3. The molecule has 0 radical (unpaired) electrons. The summed E-state index contributed by atoms with van der Waals surface area (Å²) in [6.45, 7) is 56.2. The van der Waals surface area contributed by atoms with E-state index in [-0.39, 0.29) is 5.41 Å². The van der Waals surface area contributed by atoms with Gasteiger partial charge in [-0.25, -0.2) is 24.8 Å². The molecule has 9 aromatic heterocycles. The van der Waals surface area contributed by atoms with E-state index in [9.17, 15) is 4.79 Å². The zero-order valence-electron chi connectivity index (χ0n) is 64.2. The molecule has 9 aromatic rings. The zero-order valence-corrected chi connectivity index (χ0v) is 64.2. The van der Waals surface area contributed by atoms with Gasteiger partial charge in [0.05, 0.1) is 12.4 Å². The van der Waals surface area contributed by atoms with Gasteiger partial charge in [0, 0.05) is 76.5 Å². The highest BCUT2D eigenvalue weighted by molar-refractivity contribution is 4.99. The van der Waals surface area contributed by atoms with Crippen molar-refractivity contribution in [2.45, 2.75) is 288 Å². The van der Waals surface area contributed by atoms with Crippen LogP contribution in [0, 0.1) is 88.9 Å². The Morgan fingerprint density at radius 3 is 1.34 bits per heavy atom. The van der Waals surface area contributed by atoms with E-state index in [2.05, 4.69) is 222 Å². The normalized spacial score (nSPS) is 11.1. The van der Waals surface area contributed by atoms with E-state index in [1.807, 2.05) is 55.4 Å². The summed E-state index contributed by atoms with van der Waals surface area (Å²) < 4.78 is 40.9. The molecule has 0 fully saturated rings. The standard InChI is InChI=1S/2C10H18N2O.C9H15NO.2C8H14N2O.C8H13NO.C7H12N2O.C6H10N2O2.C5H9N3/c1-7(2)6-10(4,5)9-12-11-8(3)13-9;1-7(2)5-6-9-11-12-10(13-9)8(3)4;1-7(2)4-5-9-10-6-8(3)11-9;1-6(2)4-5-8-9-7(3)11-10-8;1-6(2)4-5-8-9-7(3)10-11-8;1-6(2)4-8-9-5-7(3)10-8;1-5(2)4-7-8-6(3)9-10-7;1-4(2)3-5-7-8-6(9)10-5;1-2-3-5-6-4-7-8-5/h7H,6H2,1-5H3;7-8H,5-6H2,1-4H3;6-7H,4-5H2,1-3H3;2*6H,4-5H2,1-3H3;5-6H,4H2,1-3H3;5H,4H2,1-3H3;4H,3H2,1-2H3,(H,8,9);4H,2-3H2,1H3,(H,6,7,8). The van der Waals surface area contributed by atoms with Crippen LogP contribution in [-0.2, 0) is 56.8 Å². The van der Waals surface area contributed by atoms with E-state index < -0.39 is 5.76 Å². The molecular weight excluding hydrogens is 1230 g/mol. The van der Waals surface area contributed by atoms with Crippen molar-refractivity contribution in [3.63, 3.8) is 0 Å². The molecular formula is C71H123N17O9. The quantitative estimate of drug-likeness (QED) is 0.0567. The van der Waals surface area contributed by atoms with Crippen molar-refractivity contribution >= 4 is 0 Å². The maximum Gasteiger partial charge on any atom is 0.434 e. The fourth-order valence-corrected chi connectivity index (χ4v) is 8.24. The highest BCUT2D eigenvalue weighted by atomic mass is 16.5. The molecule has 0 aliphatic carbocycles. The van der Waals surface area contributed by atoms with Gasteiger partial charge in [-0.2, -0.15) is 20.1 Å². The molecule has 0 amide bonds. The molecule has 0 saturated heterocycles. The minimum absolute atomic E-state index is 0.00454. The molecule has 0 bridgehead atoms. The van der Waals surface area contributed by atoms with E-state index in [4.69, 9.17) is 31.2 Å². The van der Waals surface area contributed by atoms with Gasteiger partial charge in [0.25, 0.3) is 0 Å². The van der Waals surface area contributed by atoms with Crippen molar-refractivity contribution in [2.24, 2.45) is 47.3 Å². The molecule has 2 N–H and O–H groups in total. The molecule has 9 heterocycles. The van der Waals surface area contributed by atoms with Crippen LogP contribution in [0.15, 0.2) is 59.2 Å². The monoisotopic (exact) mass is 1360 g/mol. The molecule has 0 unspecified atom stereocenters. The van der Waals surface area contributed by atoms with Gasteiger partial charge in [-0.15, -0.1) is 25.5 Å². The highest BCUT2D eigenvalue weighted by Gasteiger charge is 2.27. The summed E-state index contributed by atoms with van der Waals surface area (Å²) in [7, 11) is 0. The zero-order chi connectivity index (χ0) is 73.2. The van der Waals surface area contributed by atoms with Crippen molar-refractivity contribution in [3.8, 4) is 0 Å². The minimum atomic E-state index is -0.476. The number of oxazole rings is 2. The van der Waals surface area contributed by atoms with E-state index >= 15 is 0 Å². The average Bonchev–Trinajstić information content (AvgIpc) is 1.88. The molecule has 26 nitrogen and oxygen atoms in total. The number of nitrogens with zero attached hydrogens (tertiary/aromatic N) is 15. The Morgan fingerprint density at radius 1 is 0.443 bits per heavy atom. The predicted molar refractivity (Wildman–Crippen MR) is 375 cm³/mol. The highest BCUT2D eigenvalue weighted by Crippen LogP contribution is 2.29. The van der Waals surface area contributed by atoms with E-state index in [1.54, 1.807) is 12.4 Å². The smallest absolute Gasteiger partial charge is 0.434 e. The van der Waals surface area contributed by atoms with E-state index in [1.165, 1.54) is 6.33 Å². The number of aromatic amines is 2. The topological polar surface area (TPSA) is 347 Å². The summed E-state index contributed by atoms with van der Waals surface area (Å²) in [6, 6.07) is 0. The van der Waals surface area contributed by atoms with E-state index in [0.29, 0.717) is 71.4 Å². The average molecular weight is 1360 g/mol. The van der Waals surface area contributed by atoms with Crippen LogP contribution >= 0.6 is 0 Å². The van der Waals surface area contributed by atoms with Crippen molar-refractivity contribution in [3.05, 3.63) is 123 Å². The van der Waals surface area contributed by atoms with Crippen LogP contribution in [0.25, 0.3) is 0 Å². The number of aromatic nitrogens is 17. The van der Waals surface area contributed by atoms with Crippen molar-refractivity contribution < 1.29 is 35.7 Å². The molecule has 546 valence electrons. The number of H-pyrrole nitrogens is 2. The first kappa shape index (κ1) is 87.2. The summed E-state index contributed by atoms with van der Waals surface area (Å²) in [5.41, 5.74) is -0.00454. The van der Waals surface area contributed by atoms with Gasteiger partial charge >= 0.3 is 5.76 Å². The van der Waals surface area contributed by atoms with Crippen LogP contribution in [0.2, 0.25) is 0 Å². The lowest BCUT2D eigenvalue weighted by molar-refractivity contribution is 0.308. The molecule has 26 heteroatoms. The first-order valence-corrected chi connectivity index (χ1v) is 34.8. The largest absolute Gasteiger partial charge is 0.446 e. The fourth-order valence-electron chi connectivity index (χ4n) is 8.24. The van der Waals surface area contributed by atoms with Gasteiger partial charge in [0.1, 0.15) is 23.7 Å². The Morgan fingerprint density at radius 2 is 0.948 bits per heavy atom. The maximum absolute atomic E-state index is 10.4. The van der Waals surface area contributed by atoms with Gasteiger partial charge < -0.3 is 35.7 Å². The molecule has 9 rings (SSSR count). The third-order valence-electron chi connectivity index (χ3n) is 13.0. The number of hydrogen-bond acceptors (Lipinski definition) is 24. The molecule has 0 aliphatic rings. The summed E-state index contributed by atoms with van der Waals surface area (Å²) in [4.78, 5) is 34.8. The first-order valence-electron chi connectivity index (χ1n) is 34.8. The van der Waals surface area contributed by atoms with Crippen LogP contribution < -0.4 is 5.76 Å². The van der Waals surface area contributed by atoms with Crippen molar-refractivity contribution in [1.29, 1.82) is 0 Å². The SMILES string of the molecule is CC(C)CCc1nnc(C(C)C)o1.CC(C)Cc1n[nH]c(=O)o1.CCCc1ncn[nH]1.Cc1cnc(CC(C)C)o1.Cc1cnc(CCC(C)C)o1.Cc1nc(CCC(C)C)no1.Cc1nnc(C(C)(C)CC(C)C)o1.Cc1noc(CC(C)C)n1.Cc1noc(CCC(C)C)n1. The maximum atomic E-state index is 10.4. The third kappa shape index (κ3) is 44.6. The number of rotatable bonds is 24. The Kier molecular flexibility index (Phi) is 43.2. The second kappa shape index (κ2) is 48.0. The van der Waals surface area contributed by atoms with Crippen LogP contribution in [-0.4, -0.2) is 86.2 Å². The summed E-state index contributed by atoms with van der Waals surface area (Å²) in [5, 5.41) is 39.4. The second-order valence-electron chi connectivity index (χ2n) is 28.4. The van der Waals surface area contributed by atoms with E-state index in [0.717, 1.165) is 165 Å². The van der Waals surface area contributed by atoms with Crippen molar-refractivity contribution in [2.75, 3.05) is 0 Å². The Bertz CT molecular complexity index is 3200. The van der Waals surface area contributed by atoms with Gasteiger partial charge in [-0.3, -0.25) is 5.10 Å². The van der Waals surface area contributed by atoms with Gasteiger partial charge in [-0.05, 0) is 114 Å². The first-order chi connectivity index (χ1) is 45.5. The molecule has 97 heavy (non-hydrogen) atoms. The molecule has 0 atom stereocenters. The minimum Gasteiger partial charge on any atom is -0.446 e. The van der Waals surface area contributed by atoms with Crippen LogP contribution in [0.5, 0.6) is 0 Å². The number of nitrogens with one attached hydrogen (secondary N) is 2. The van der Waals surface area contributed by atoms with Crippen LogP contribution in [0.4, 0.5) is 0 Å². The molecule has 0 aromatic carbocycles. The summed E-state index contributed by atoms with van der Waals surface area (Å²) >= 11 is 0. The van der Waals surface area contributed by atoms with Gasteiger partial charge in [-0.1, -0.05) is 161 Å².